The first kappa shape index (κ1) is 13.6. The Bertz CT molecular complexity index is 376. The fourth-order valence-corrected chi connectivity index (χ4v) is 1.49. The Balaban J connectivity index is 2.66. The van der Waals surface area contributed by atoms with E-state index in [2.05, 4.69) is 0 Å². The summed E-state index contributed by atoms with van der Waals surface area (Å²) >= 11 is 0. The van der Waals surface area contributed by atoms with E-state index in [4.69, 9.17) is 0 Å². The maximum atomic E-state index is 12.8. The van der Waals surface area contributed by atoms with Crippen LogP contribution < -0.4 is 0 Å². The lowest BCUT2D eigenvalue weighted by atomic mass is 10.1. The SMILES string of the molecule is CC(c1ccc(F)cc1)N(C)CC(=O)N(C)C. The fourth-order valence-electron chi connectivity index (χ4n) is 1.49. The van der Waals surface area contributed by atoms with Crippen molar-refractivity contribution in [1.82, 2.24) is 9.80 Å². The van der Waals surface area contributed by atoms with E-state index in [1.807, 2.05) is 18.9 Å². The third-order valence-electron chi connectivity index (χ3n) is 2.90. The third-order valence-corrected chi connectivity index (χ3v) is 2.90. The number of benzene rings is 1. The molecule has 0 radical (unpaired) electrons. The van der Waals surface area contributed by atoms with E-state index in [9.17, 15) is 9.18 Å². The van der Waals surface area contributed by atoms with Crippen LogP contribution in [0.4, 0.5) is 4.39 Å². The lowest BCUT2D eigenvalue weighted by molar-refractivity contribution is -0.130. The molecule has 1 rings (SSSR count). The highest BCUT2D eigenvalue weighted by molar-refractivity contribution is 5.77. The van der Waals surface area contributed by atoms with E-state index in [-0.39, 0.29) is 17.8 Å². The molecule has 94 valence electrons. The molecule has 0 bridgehead atoms. The Kier molecular flexibility index (Phi) is 4.63. The number of hydrogen-bond donors (Lipinski definition) is 0. The molecule has 4 heteroatoms. The zero-order valence-electron chi connectivity index (χ0n) is 10.8. The van der Waals surface area contributed by atoms with Crippen molar-refractivity contribution >= 4 is 5.91 Å². The minimum Gasteiger partial charge on any atom is -0.348 e. The van der Waals surface area contributed by atoms with Gasteiger partial charge in [0.15, 0.2) is 0 Å². The van der Waals surface area contributed by atoms with E-state index in [0.717, 1.165) is 5.56 Å². The predicted octanol–water partition coefficient (Wildman–Crippen LogP) is 1.91. The molecule has 1 aromatic carbocycles. The Morgan fingerprint density at radius 3 is 2.24 bits per heavy atom. The molecule has 0 saturated carbocycles. The molecular formula is C13H19FN2O. The van der Waals surface area contributed by atoms with E-state index < -0.39 is 0 Å². The highest BCUT2D eigenvalue weighted by Crippen LogP contribution is 2.18. The Morgan fingerprint density at radius 2 is 1.76 bits per heavy atom. The normalized spacial score (nSPS) is 12.6. The predicted molar refractivity (Wildman–Crippen MR) is 66.1 cm³/mol. The molecular weight excluding hydrogens is 219 g/mol. The van der Waals surface area contributed by atoms with E-state index in [1.54, 1.807) is 31.1 Å². The van der Waals surface area contributed by atoms with Crippen LogP contribution in [-0.4, -0.2) is 43.4 Å². The highest BCUT2D eigenvalue weighted by atomic mass is 19.1. The van der Waals surface area contributed by atoms with Crippen molar-refractivity contribution in [3.63, 3.8) is 0 Å². The average Bonchev–Trinajstić information content (AvgIpc) is 2.28. The summed E-state index contributed by atoms with van der Waals surface area (Å²) in [5.41, 5.74) is 1.00. The molecule has 1 atom stereocenters. The second-order valence-corrected chi connectivity index (χ2v) is 4.43. The van der Waals surface area contributed by atoms with Crippen LogP contribution >= 0.6 is 0 Å². The van der Waals surface area contributed by atoms with E-state index >= 15 is 0 Å². The molecule has 3 nitrogen and oxygen atoms in total. The van der Waals surface area contributed by atoms with Crippen LogP contribution in [0, 0.1) is 5.82 Å². The van der Waals surface area contributed by atoms with Crippen LogP contribution in [0.3, 0.4) is 0 Å². The van der Waals surface area contributed by atoms with Crippen LogP contribution in [0.25, 0.3) is 0 Å². The summed E-state index contributed by atoms with van der Waals surface area (Å²) in [6.07, 6.45) is 0. The van der Waals surface area contributed by atoms with Gasteiger partial charge in [-0.15, -0.1) is 0 Å². The number of amides is 1. The molecule has 0 aromatic heterocycles. The minimum absolute atomic E-state index is 0.0569. The first-order valence-electron chi connectivity index (χ1n) is 5.57. The van der Waals surface area contributed by atoms with Gasteiger partial charge in [-0.3, -0.25) is 9.69 Å². The molecule has 0 aliphatic heterocycles. The standard InChI is InChI=1S/C13H19FN2O/c1-10(11-5-7-12(14)8-6-11)16(4)9-13(17)15(2)3/h5-8,10H,9H2,1-4H3. The van der Waals surface area contributed by atoms with Crippen LogP contribution in [0.2, 0.25) is 0 Å². The van der Waals surface area contributed by atoms with Gasteiger partial charge in [0.25, 0.3) is 0 Å². The Labute approximate surface area is 102 Å². The van der Waals surface area contributed by atoms with Gasteiger partial charge in [0.1, 0.15) is 5.82 Å². The first-order valence-corrected chi connectivity index (χ1v) is 5.57. The summed E-state index contributed by atoms with van der Waals surface area (Å²) in [5, 5.41) is 0. The maximum Gasteiger partial charge on any atom is 0.236 e. The van der Waals surface area contributed by atoms with Gasteiger partial charge in [0, 0.05) is 20.1 Å². The van der Waals surface area contributed by atoms with Gasteiger partial charge in [-0.05, 0) is 31.7 Å². The zero-order chi connectivity index (χ0) is 13.0. The van der Waals surface area contributed by atoms with Gasteiger partial charge in [-0.1, -0.05) is 12.1 Å². The van der Waals surface area contributed by atoms with Crippen LogP contribution in [0.1, 0.15) is 18.5 Å². The summed E-state index contributed by atoms with van der Waals surface area (Å²) in [4.78, 5) is 15.1. The molecule has 17 heavy (non-hydrogen) atoms. The lowest BCUT2D eigenvalue weighted by Gasteiger charge is -2.25. The van der Waals surface area contributed by atoms with Gasteiger partial charge in [-0.2, -0.15) is 0 Å². The number of carbonyl (C=O) groups excluding carboxylic acids is 1. The topological polar surface area (TPSA) is 23.6 Å². The van der Waals surface area contributed by atoms with Gasteiger partial charge in [0.2, 0.25) is 5.91 Å². The third kappa shape index (κ3) is 3.82. The van der Waals surface area contributed by atoms with E-state index in [0.29, 0.717) is 6.54 Å². The van der Waals surface area contributed by atoms with Crippen molar-refractivity contribution in [1.29, 1.82) is 0 Å². The van der Waals surface area contributed by atoms with Crippen LogP contribution in [0.5, 0.6) is 0 Å². The summed E-state index contributed by atoms with van der Waals surface area (Å²) in [6, 6.07) is 6.45. The maximum absolute atomic E-state index is 12.8. The van der Waals surface area contributed by atoms with Crippen molar-refractivity contribution in [2.24, 2.45) is 0 Å². The van der Waals surface area contributed by atoms with Crippen molar-refractivity contribution in [3.05, 3.63) is 35.6 Å². The molecule has 1 aromatic rings. The summed E-state index contributed by atoms with van der Waals surface area (Å²) < 4.78 is 12.8. The summed E-state index contributed by atoms with van der Waals surface area (Å²) in [5.74, 6) is -0.186. The fraction of sp³-hybridized carbons (Fsp3) is 0.462. The number of halogens is 1. The lowest BCUT2D eigenvalue weighted by Crippen LogP contribution is -2.35. The quantitative estimate of drug-likeness (QED) is 0.800. The molecule has 0 aliphatic carbocycles. The molecule has 0 N–H and O–H groups in total. The van der Waals surface area contributed by atoms with Crippen molar-refractivity contribution in [2.45, 2.75) is 13.0 Å². The molecule has 0 heterocycles. The number of carbonyl (C=O) groups is 1. The average molecular weight is 238 g/mol. The van der Waals surface area contributed by atoms with Gasteiger partial charge in [0.05, 0.1) is 6.54 Å². The second-order valence-electron chi connectivity index (χ2n) is 4.43. The van der Waals surface area contributed by atoms with Crippen LogP contribution in [-0.2, 0) is 4.79 Å². The van der Waals surface area contributed by atoms with Gasteiger partial charge < -0.3 is 4.90 Å². The van der Waals surface area contributed by atoms with Crippen molar-refractivity contribution in [3.8, 4) is 0 Å². The summed E-state index contributed by atoms with van der Waals surface area (Å²) in [6.45, 7) is 2.35. The zero-order valence-corrected chi connectivity index (χ0v) is 10.8. The monoisotopic (exact) mass is 238 g/mol. The Hall–Kier alpha value is -1.42. The summed E-state index contributed by atoms with van der Waals surface area (Å²) in [7, 11) is 5.35. The van der Waals surface area contributed by atoms with Gasteiger partial charge >= 0.3 is 0 Å². The molecule has 1 unspecified atom stereocenters. The number of nitrogens with zero attached hydrogens (tertiary/aromatic N) is 2. The van der Waals surface area contributed by atoms with Crippen LogP contribution in [0.15, 0.2) is 24.3 Å². The smallest absolute Gasteiger partial charge is 0.236 e. The molecule has 0 saturated heterocycles. The molecule has 0 aliphatic rings. The molecule has 0 spiro atoms. The largest absolute Gasteiger partial charge is 0.348 e. The molecule has 0 fully saturated rings. The van der Waals surface area contributed by atoms with Crippen molar-refractivity contribution in [2.75, 3.05) is 27.7 Å². The number of rotatable bonds is 4. The second kappa shape index (κ2) is 5.77. The van der Waals surface area contributed by atoms with Crippen molar-refractivity contribution < 1.29 is 9.18 Å². The number of hydrogen-bond acceptors (Lipinski definition) is 2. The van der Waals surface area contributed by atoms with E-state index in [1.165, 1.54) is 12.1 Å². The molecule has 1 amide bonds. The Morgan fingerprint density at radius 1 is 1.24 bits per heavy atom. The minimum atomic E-state index is -0.243. The first-order chi connectivity index (χ1) is 7.91. The van der Waals surface area contributed by atoms with Gasteiger partial charge in [-0.25, -0.2) is 4.39 Å². The highest BCUT2D eigenvalue weighted by Gasteiger charge is 2.15. The number of likely N-dealkylation sites (N-methyl/N-ethyl adjacent to an activating group) is 2.